The Labute approximate surface area is 256 Å². The van der Waals surface area contributed by atoms with Crippen molar-refractivity contribution in [1.29, 1.82) is 0 Å². The monoisotopic (exact) mass is 630 g/mol. The van der Waals surface area contributed by atoms with Crippen LogP contribution in [0.3, 0.4) is 0 Å². The summed E-state index contributed by atoms with van der Waals surface area (Å²) in [5.41, 5.74) is -2.34. The molecule has 3 amide bonds. The van der Waals surface area contributed by atoms with Gasteiger partial charge in [0.25, 0.3) is 5.91 Å². The highest BCUT2D eigenvalue weighted by Crippen LogP contribution is 2.53. The van der Waals surface area contributed by atoms with E-state index < -0.39 is 110 Å². The normalized spacial score (nSPS) is 27.0. The first kappa shape index (κ1) is 31.9. The van der Waals surface area contributed by atoms with Crippen molar-refractivity contribution in [2.45, 2.75) is 69.2 Å². The summed E-state index contributed by atoms with van der Waals surface area (Å²) in [6.45, 7) is 4.93. The Morgan fingerprint density at radius 1 is 1.13 bits per heavy atom. The van der Waals surface area contributed by atoms with Crippen LogP contribution in [0.5, 0.6) is 5.75 Å². The average molecular weight is 631 g/mol. The molecule has 0 aliphatic heterocycles. The Kier molecular flexibility index (Phi) is 7.28. The van der Waals surface area contributed by atoms with E-state index in [1.807, 2.05) is 0 Å². The molecule has 0 heterocycles. The van der Waals surface area contributed by atoms with Gasteiger partial charge in [0.05, 0.1) is 17.3 Å². The van der Waals surface area contributed by atoms with E-state index in [4.69, 9.17) is 10.5 Å². The second-order valence-electron chi connectivity index (χ2n) is 13.2. The highest BCUT2D eigenvalue weighted by molar-refractivity contribution is 6.24. The summed E-state index contributed by atoms with van der Waals surface area (Å²) < 4.78 is 20.8. The van der Waals surface area contributed by atoms with Gasteiger partial charge in [0.2, 0.25) is 11.7 Å². The standard InChI is InChI=1S/C30H35FN4O10/c1-28(2,3)45-27(43)34-29(6-7-29)26(42)33-15-10-14(31)12-8-11-9-13-19(35(4)5)22(38)18(25(32)41)24(40)30(13,44)23(39)16(11)21(37)17(12)20(15)36/h10-11,13,19,36-37,40,44H,6-9H2,1-5H3,(H2,32,41)(H,33,42)(H,34,43)/t11-,13-,19-,30-/m0/s1. The van der Waals surface area contributed by atoms with Crippen LogP contribution in [-0.4, -0.2) is 91.7 Å². The van der Waals surface area contributed by atoms with Crippen LogP contribution in [0.25, 0.3) is 5.76 Å². The molecule has 5 rings (SSSR count). The molecule has 242 valence electrons. The number of primary amides is 1. The van der Waals surface area contributed by atoms with Gasteiger partial charge in [-0.2, -0.15) is 0 Å². The molecule has 1 aromatic rings. The maximum absolute atomic E-state index is 15.6. The highest BCUT2D eigenvalue weighted by Gasteiger charge is 2.64. The van der Waals surface area contributed by atoms with Gasteiger partial charge >= 0.3 is 6.09 Å². The number of fused-ring (bicyclic) bond motifs is 3. The quantitative estimate of drug-likeness (QED) is 0.180. The molecule has 0 spiro atoms. The number of rotatable bonds is 5. The summed E-state index contributed by atoms with van der Waals surface area (Å²) in [4.78, 5) is 66.0. The van der Waals surface area contributed by atoms with E-state index in [1.54, 1.807) is 20.8 Å². The number of aromatic hydroxyl groups is 1. The van der Waals surface area contributed by atoms with Crippen molar-refractivity contribution in [3.8, 4) is 5.75 Å². The lowest BCUT2D eigenvalue weighted by atomic mass is 9.57. The molecule has 0 aromatic heterocycles. The fourth-order valence-electron chi connectivity index (χ4n) is 6.64. The number of hydrogen-bond acceptors (Lipinski definition) is 11. The molecule has 2 saturated carbocycles. The summed E-state index contributed by atoms with van der Waals surface area (Å²) in [5, 5.41) is 50.0. The number of amides is 3. The number of halogens is 1. The Hall–Kier alpha value is -4.50. The second-order valence-corrected chi connectivity index (χ2v) is 13.2. The van der Waals surface area contributed by atoms with Crippen LogP contribution in [0.15, 0.2) is 23.0 Å². The zero-order valence-electron chi connectivity index (χ0n) is 25.3. The molecular weight excluding hydrogens is 595 g/mol. The number of likely N-dealkylation sites (N-methyl/N-ethyl adjacent to an activating group) is 1. The summed E-state index contributed by atoms with van der Waals surface area (Å²) >= 11 is 0. The number of nitrogens with one attached hydrogen (secondary N) is 2. The number of nitrogens with two attached hydrogens (primary N) is 1. The minimum absolute atomic E-state index is 0.191. The van der Waals surface area contributed by atoms with Crippen molar-refractivity contribution < 1.29 is 53.5 Å². The molecule has 4 atom stereocenters. The highest BCUT2D eigenvalue weighted by atomic mass is 19.1. The fourth-order valence-corrected chi connectivity index (χ4v) is 6.64. The fraction of sp³-hybridized carbons (Fsp3) is 0.500. The number of nitrogens with zero attached hydrogens (tertiary/aromatic N) is 1. The van der Waals surface area contributed by atoms with E-state index in [-0.39, 0.29) is 31.2 Å². The molecule has 14 nitrogen and oxygen atoms in total. The number of aliphatic hydroxyl groups is 3. The lowest BCUT2D eigenvalue weighted by Crippen LogP contribution is -2.65. The number of alkyl carbamates (subject to hydrolysis) is 1. The third kappa shape index (κ3) is 4.90. The first-order chi connectivity index (χ1) is 20.7. The number of ketones is 2. The van der Waals surface area contributed by atoms with Gasteiger partial charge in [-0.3, -0.25) is 24.1 Å². The largest absolute Gasteiger partial charge is 0.508 e. The number of carbonyl (C=O) groups excluding carboxylic acids is 5. The first-order valence-electron chi connectivity index (χ1n) is 14.3. The molecule has 45 heavy (non-hydrogen) atoms. The van der Waals surface area contributed by atoms with E-state index in [2.05, 4.69) is 10.6 Å². The number of ether oxygens (including phenoxy) is 1. The number of phenolic OH excluding ortho intramolecular Hbond substituents is 1. The predicted molar refractivity (Wildman–Crippen MR) is 154 cm³/mol. The molecule has 1 aromatic carbocycles. The van der Waals surface area contributed by atoms with Crippen molar-refractivity contribution in [3.05, 3.63) is 39.9 Å². The van der Waals surface area contributed by atoms with Gasteiger partial charge in [-0.05, 0) is 66.5 Å². The van der Waals surface area contributed by atoms with Gasteiger partial charge in [0, 0.05) is 23.1 Å². The number of anilines is 1. The zero-order valence-corrected chi connectivity index (χ0v) is 25.3. The molecule has 15 heteroatoms. The van der Waals surface area contributed by atoms with Crippen molar-refractivity contribution in [2.24, 2.45) is 17.6 Å². The van der Waals surface area contributed by atoms with Crippen LogP contribution in [0.1, 0.15) is 51.2 Å². The minimum Gasteiger partial charge on any atom is -0.508 e. The van der Waals surface area contributed by atoms with Crippen LogP contribution in [0.4, 0.5) is 14.9 Å². The molecule has 0 bridgehead atoms. The summed E-state index contributed by atoms with van der Waals surface area (Å²) in [6, 6.07) is -0.433. The number of aliphatic hydroxyl groups excluding tert-OH is 2. The minimum atomic E-state index is -2.85. The van der Waals surface area contributed by atoms with Crippen molar-refractivity contribution in [1.82, 2.24) is 10.2 Å². The van der Waals surface area contributed by atoms with Gasteiger partial charge in [-0.15, -0.1) is 0 Å². The Morgan fingerprint density at radius 3 is 2.29 bits per heavy atom. The molecule has 2 fully saturated rings. The van der Waals surface area contributed by atoms with Gasteiger partial charge in [0.15, 0.2) is 17.1 Å². The number of Topliss-reactive ketones (excluding diaryl/α,β-unsaturated/α-hetero) is 2. The molecular formula is C30H35FN4O10. The topological polar surface area (TPSA) is 229 Å². The maximum atomic E-state index is 15.6. The third-order valence-electron chi connectivity index (χ3n) is 8.84. The Bertz CT molecular complexity index is 1640. The number of benzene rings is 1. The van der Waals surface area contributed by atoms with E-state index >= 15 is 4.39 Å². The van der Waals surface area contributed by atoms with Gasteiger partial charge in [0.1, 0.15) is 34.0 Å². The van der Waals surface area contributed by atoms with E-state index in [9.17, 15) is 44.4 Å². The van der Waals surface area contributed by atoms with Gasteiger partial charge < -0.3 is 41.5 Å². The lowest BCUT2D eigenvalue weighted by molar-refractivity contribution is -0.153. The van der Waals surface area contributed by atoms with Crippen molar-refractivity contribution >= 4 is 40.9 Å². The van der Waals surface area contributed by atoms with E-state index in [0.717, 1.165) is 6.07 Å². The van der Waals surface area contributed by atoms with Crippen LogP contribution < -0.4 is 16.4 Å². The number of carbonyl (C=O) groups is 5. The van der Waals surface area contributed by atoms with Crippen LogP contribution in [0, 0.1) is 17.7 Å². The molecule has 0 radical (unpaired) electrons. The first-order valence-corrected chi connectivity index (χ1v) is 14.3. The molecule has 0 unspecified atom stereocenters. The van der Waals surface area contributed by atoms with Gasteiger partial charge in [-0.25, -0.2) is 9.18 Å². The zero-order chi connectivity index (χ0) is 33.5. The van der Waals surface area contributed by atoms with Crippen molar-refractivity contribution in [2.75, 3.05) is 19.4 Å². The van der Waals surface area contributed by atoms with Crippen LogP contribution >= 0.6 is 0 Å². The second kappa shape index (κ2) is 10.3. The Morgan fingerprint density at radius 2 is 1.76 bits per heavy atom. The summed E-state index contributed by atoms with van der Waals surface area (Å²) in [6.07, 6.45) is -0.847. The maximum Gasteiger partial charge on any atom is 0.408 e. The summed E-state index contributed by atoms with van der Waals surface area (Å²) in [7, 11) is 2.94. The average Bonchev–Trinajstić information content (AvgIpc) is 3.68. The van der Waals surface area contributed by atoms with E-state index in [0.29, 0.717) is 0 Å². The molecule has 4 aliphatic rings. The van der Waals surface area contributed by atoms with Gasteiger partial charge in [-0.1, -0.05) is 0 Å². The van der Waals surface area contributed by atoms with Crippen LogP contribution in [-0.2, 0) is 30.3 Å². The molecule has 0 saturated heterocycles. The summed E-state index contributed by atoms with van der Waals surface area (Å²) in [5.74, 6) is -10.5. The predicted octanol–water partition coefficient (Wildman–Crippen LogP) is 1.10. The Balaban J connectivity index is 1.54. The van der Waals surface area contributed by atoms with Crippen molar-refractivity contribution in [3.63, 3.8) is 0 Å². The molecule has 4 aliphatic carbocycles. The smallest absolute Gasteiger partial charge is 0.408 e. The van der Waals surface area contributed by atoms with Crippen LogP contribution in [0.2, 0.25) is 0 Å². The number of phenols is 1. The SMILES string of the molecule is CN(C)[C@@H]1C(=O)C(C(N)=O)=C(O)[C@@]2(O)C(=O)C3=C(O)c4c(O)c(NC(=O)C5(NC(=O)OC(C)(C)C)CC5)cc(F)c4C[C@H]3C[C@@H]12. The van der Waals surface area contributed by atoms with E-state index in [1.165, 1.54) is 19.0 Å². The molecule has 8 N–H and O–H groups in total. The third-order valence-corrected chi connectivity index (χ3v) is 8.84. The number of hydrogen-bond donors (Lipinski definition) is 7. The lowest BCUT2D eigenvalue weighted by Gasteiger charge is -2.50.